The lowest BCUT2D eigenvalue weighted by atomic mass is 10.1. The lowest BCUT2D eigenvalue weighted by molar-refractivity contribution is 0.103. The standard InChI is InChI=1S/C10H7NO2/c12-10(9-3-5-13-7-9)8-2-1-4-11-6-8/h1-7H. The van der Waals surface area contributed by atoms with Gasteiger partial charge in [-0.1, -0.05) is 0 Å². The number of hydrogen-bond donors (Lipinski definition) is 0. The molecule has 13 heavy (non-hydrogen) atoms. The fourth-order valence-corrected chi connectivity index (χ4v) is 1.06. The zero-order valence-electron chi connectivity index (χ0n) is 6.81. The third-order valence-electron chi connectivity index (χ3n) is 1.71. The number of carbonyl (C=O) groups is 1. The minimum atomic E-state index is -0.0677. The summed E-state index contributed by atoms with van der Waals surface area (Å²) in [7, 11) is 0. The van der Waals surface area contributed by atoms with Crippen LogP contribution in [0.15, 0.2) is 47.5 Å². The van der Waals surface area contributed by atoms with Gasteiger partial charge in [0, 0.05) is 18.0 Å². The summed E-state index contributed by atoms with van der Waals surface area (Å²) in [4.78, 5) is 15.5. The van der Waals surface area contributed by atoms with E-state index in [4.69, 9.17) is 4.42 Å². The van der Waals surface area contributed by atoms with Gasteiger partial charge in [0.2, 0.25) is 0 Å². The summed E-state index contributed by atoms with van der Waals surface area (Å²) in [6.45, 7) is 0. The SMILES string of the molecule is O=C(c1cccnc1)c1ccoc1. The molecule has 0 spiro atoms. The molecule has 0 unspecified atom stereocenters. The second-order valence-electron chi connectivity index (χ2n) is 2.58. The van der Waals surface area contributed by atoms with Crippen molar-refractivity contribution < 1.29 is 9.21 Å². The van der Waals surface area contributed by atoms with Crippen molar-refractivity contribution in [3.05, 3.63) is 54.2 Å². The highest BCUT2D eigenvalue weighted by molar-refractivity contribution is 6.08. The molecule has 0 radical (unpaired) electrons. The Balaban J connectivity index is 2.34. The first kappa shape index (κ1) is 7.73. The summed E-state index contributed by atoms with van der Waals surface area (Å²) < 4.78 is 4.82. The first-order valence-electron chi connectivity index (χ1n) is 3.85. The average molecular weight is 173 g/mol. The van der Waals surface area contributed by atoms with Gasteiger partial charge in [0.15, 0.2) is 5.78 Å². The van der Waals surface area contributed by atoms with Gasteiger partial charge >= 0.3 is 0 Å². The maximum absolute atomic E-state index is 11.6. The molecule has 0 atom stereocenters. The zero-order chi connectivity index (χ0) is 9.10. The van der Waals surface area contributed by atoms with Crippen molar-refractivity contribution in [3.8, 4) is 0 Å². The number of carbonyl (C=O) groups excluding carboxylic acids is 1. The third kappa shape index (κ3) is 1.49. The van der Waals surface area contributed by atoms with Crippen LogP contribution in [0.25, 0.3) is 0 Å². The van der Waals surface area contributed by atoms with E-state index in [0.717, 1.165) is 0 Å². The fourth-order valence-electron chi connectivity index (χ4n) is 1.06. The van der Waals surface area contributed by atoms with Crippen molar-refractivity contribution in [2.24, 2.45) is 0 Å². The molecular weight excluding hydrogens is 166 g/mol. The summed E-state index contributed by atoms with van der Waals surface area (Å²) in [6, 6.07) is 5.09. The van der Waals surface area contributed by atoms with E-state index in [1.54, 1.807) is 24.4 Å². The van der Waals surface area contributed by atoms with E-state index in [1.165, 1.54) is 18.7 Å². The van der Waals surface area contributed by atoms with Crippen LogP contribution in [0.4, 0.5) is 0 Å². The van der Waals surface area contributed by atoms with Crippen molar-refractivity contribution in [1.82, 2.24) is 4.98 Å². The van der Waals surface area contributed by atoms with Gasteiger partial charge in [-0.25, -0.2) is 0 Å². The molecular formula is C10H7NO2. The second-order valence-corrected chi connectivity index (χ2v) is 2.58. The van der Waals surface area contributed by atoms with Gasteiger partial charge in [-0.3, -0.25) is 9.78 Å². The van der Waals surface area contributed by atoms with Crippen LogP contribution in [0.5, 0.6) is 0 Å². The Kier molecular flexibility index (Phi) is 1.92. The Morgan fingerprint density at radius 1 is 1.31 bits per heavy atom. The molecule has 2 rings (SSSR count). The van der Waals surface area contributed by atoms with Crippen molar-refractivity contribution >= 4 is 5.78 Å². The van der Waals surface area contributed by atoms with Gasteiger partial charge < -0.3 is 4.42 Å². The van der Waals surface area contributed by atoms with E-state index in [9.17, 15) is 4.79 Å². The van der Waals surface area contributed by atoms with Crippen molar-refractivity contribution in [2.45, 2.75) is 0 Å². The maximum atomic E-state index is 11.6. The van der Waals surface area contributed by atoms with Crippen LogP contribution in [0, 0.1) is 0 Å². The molecule has 0 N–H and O–H groups in total. The third-order valence-corrected chi connectivity index (χ3v) is 1.71. The lowest BCUT2D eigenvalue weighted by Crippen LogP contribution is -1.99. The predicted molar refractivity (Wildman–Crippen MR) is 46.4 cm³/mol. The quantitative estimate of drug-likeness (QED) is 0.651. The van der Waals surface area contributed by atoms with E-state index in [-0.39, 0.29) is 5.78 Å². The van der Waals surface area contributed by atoms with Crippen molar-refractivity contribution in [3.63, 3.8) is 0 Å². The highest BCUT2D eigenvalue weighted by atomic mass is 16.3. The lowest BCUT2D eigenvalue weighted by Gasteiger charge is -1.94. The molecule has 3 heteroatoms. The predicted octanol–water partition coefficient (Wildman–Crippen LogP) is 1.91. The van der Waals surface area contributed by atoms with Gasteiger partial charge in [-0.2, -0.15) is 0 Å². The Hall–Kier alpha value is -1.90. The number of furan rings is 1. The number of pyridine rings is 1. The Labute approximate surface area is 75.0 Å². The molecule has 3 nitrogen and oxygen atoms in total. The minimum absolute atomic E-state index is 0.0677. The maximum Gasteiger partial charge on any atom is 0.197 e. The molecule has 64 valence electrons. The molecule has 0 aliphatic heterocycles. The molecule has 0 aromatic carbocycles. The summed E-state index contributed by atoms with van der Waals surface area (Å²) in [5.74, 6) is -0.0677. The highest BCUT2D eigenvalue weighted by Gasteiger charge is 2.08. The smallest absolute Gasteiger partial charge is 0.197 e. The zero-order valence-corrected chi connectivity index (χ0v) is 6.81. The van der Waals surface area contributed by atoms with Crippen molar-refractivity contribution in [2.75, 3.05) is 0 Å². The largest absolute Gasteiger partial charge is 0.472 e. The molecule has 2 heterocycles. The Morgan fingerprint density at radius 3 is 2.85 bits per heavy atom. The molecule has 0 aliphatic carbocycles. The fraction of sp³-hybridized carbons (Fsp3) is 0. The molecule has 0 saturated carbocycles. The van der Waals surface area contributed by atoms with Gasteiger partial charge in [0.1, 0.15) is 6.26 Å². The minimum Gasteiger partial charge on any atom is -0.472 e. The topological polar surface area (TPSA) is 43.1 Å². The van der Waals surface area contributed by atoms with Crippen LogP contribution in [-0.4, -0.2) is 10.8 Å². The first-order valence-corrected chi connectivity index (χ1v) is 3.85. The molecule has 0 fully saturated rings. The summed E-state index contributed by atoms with van der Waals surface area (Å²) in [5, 5.41) is 0. The van der Waals surface area contributed by atoms with E-state index in [0.29, 0.717) is 11.1 Å². The monoisotopic (exact) mass is 173 g/mol. The molecule has 2 aromatic heterocycles. The highest BCUT2D eigenvalue weighted by Crippen LogP contribution is 2.08. The van der Waals surface area contributed by atoms with E-state index in [1.807, 2.05) is 0 Å². The summed E-state index contributed by atoms with van der Waals surface area (Å²) in [6.07, 6.45) is 6.07. The van der Waals surface area contributed by atoms with Gasteiger partial charge in [-0.15, -0.1) is 0 Å². The van der Waals surface area contributed by atoms with Crippen LogP contribution in [0.3, 0.4) is 0 Å². The van der Waals surface area contributed by atoms with E-state index >= 15 is 0 Å². The molecule has 0 bridgehead atoms. The number of nitrogens with zero attached hydrogens (tertiary/aromatic N) is 1. The summed E-state index contributed by atoms with van der Waals surface area (Å²) >= 11 is 0. The molecule has 2 aromatic rings. The van der Waals surface area contributed by atoms with Gasteiger partial charge in [-0.05, 0) is 18.2 Å². The van der Waals surface area contributed by atoms with E-state index < -0.39 is 0 Å². The van der Waals surface area contributed by atoms with Gasteiger partial charge in [0.05, 0.1) is 11.8 Å². The van der Waals surface area contributed by atoms with Gasteiger partial charge in [0.25, 0.3) is 0 Å². The van der Waals surface area contributed by atoms with Crippen LogP contribution in [-0.2, 0) is 0 Å². The Morgan fingerprint density at radius 2 is 2.23 bits per heavy atom. The molecule has 0 saturated heterocycles. The Bertz CT molecular complexity index is 392. The van der Waals surface area contributed by atoms with Crippen LogP contribution >= 0.6 is 0 Å². The number of ketones is 1. The normalized spacial score (nSPS) is 9.85. The molecule has 0 amide bonds. The van der Waals surface area contributed by atoms with Crippen LogP contribution in [0.2, 0.25) is 0 Å². The number of rotatable bonds is 2. The van der Waals surface area contributed by atoms with Crippen LogP contribution < -0.4 is 0 Å². The summed E-state index contributed by atoms with van der Waals surface area (Å²) in [5.41, 5.74) is 1.12. The second kappa shape index (κ2) is 3.23. The van der Waals surface area contributed by atoms with E-state index in [2.05, 4.69) is 4.98 Å². The number of hydrogen-bond acceptors (Lipinski definition) is 3. The number of aromatic nitrogens is 1. The molecule has 0 aliphatic rings. The van der Waals surface area contributed by atoms with Crippen LogP contribution in [0.1, 0.15) is 15.9 Å². The average Bonchev–Trinajstić information content (AvgIpc) is 2.71. The first-order chi connectivity index (χ1) is 6.38. The van der Waals surface area contributed by atoms with Crippen molar-refractivity contribution in [1.29, 1.82) is 0 Å².